The van der Waals surface area contributed by atoms with Crippen molar-refractivity contribution in [3.63, 3.8) is 0 Å². The van der Waals surface area contributed by atoms with Crippen molar-refractivity contribution in [2.75, 3.05) is 19.0 Å². The summed E-state index contributed by atoms with van der Waals surface area (Å²) in [4.78, 5) is 10.2. The van der Waals surface area contributed by atoms with Gasteiger partial charge in [-0.1, -0.05) is 13.3 Å². The van der Waals surface area contributed by atoms with Crippen molar-refractivity contribution < 1.29 is 19.7 Å². The first kappa shape index (κ1) is 12.7. The molecule has 13 heavy (non-hydrogen) atoms. The SMILES string of the molecule is CCCCOCCSC(O)C(=O)O. The Labute approximate surface area is 82.3 Å². The van der Waals surface area contributed by atoms with Crippen molar-refractivity contribution in [1.29, 1.82) is 0 Å². The van der Waals surface area contributed by atoms with E-state index in [0.717, 1.165) is 24.6 Å². The molecule has 0 saturated heterocycles. The molecule has 0 fully saturated rings. The van der Waals surface area contributed by atoms with Gasteiger partial charge >= 0.3 is 5.97 Å². The molecule has 0 aliphatic heterocycles. The summed E-state index contributed by atoms with van der Waals surface area (Å²) in [6.45, 7) is 3.28. The number of unbranched alkanes of at least 4 members (excludes halogenated alkanes) is 1. The summed E-state index contributed by atoms with van der Waals surface area (Å²) in [6.07, 6.45) is 2.11. The van der Waals surface area contributed by atoms with Gasteiger partial charge < -0.3 is 14.9 Å². The van der Waals surface area contributed by atoms with Gasteiger partial charge in [-0.3, -0.25) is 0 Å². The average Bonchev–Trinajstić information content (AvgIpc) is 2.10. The maximum atomic E-state index is 10.2. The quantitative estimate of drug-likeness (QED) is 0.459. The molecule has 0 radical (unpaired) electrons. The van der Waals surface area contributed by atoms with E-state index < -0.39 is 11.4 Å². The van der Waals surface area contributed by atoms with Crippen molar-refractivity contribution >= 4 is 17.7 Å². The smallest absolute Gasteiger partial charge is 0.343 e. The lowest BCUT2D eigenvalue weighted by Crippen LogP contribution is -2.16. The molecule has 5 heteroatoms. The minimum Gasteiger partial charge on any atom is -0.479 e. The highest BCUT2D eigenvalue weighted by atomic mass is 32.2. The number of carbonyl (C=O) groups is 1. The first-order valence-corrected chi connectivity index (χ1v) is 5.33. The molecule has 0 aromatic heterocycles. The normalized spacial score (nSPS) is 12.8. The molecule has 0 spiro atoms. The summed E-state index contributed by atoms with van der Waals surface area (Å²) in [5.41, 5.74) is -1.32. The van der Waals surface area contributed by atoms with E-state index >= 15 is 0 Å². The van der Waals surface area contributed by atoms with Gasteiger partial charge in [-0.15, -0.1) is 11.8 Å². The Morgan fingerprint density at radius 1 is 1.54 bits per heavy atom. The Bertz CT molecular complexity index is 140. The molecule has 0 amide bonds. The average molecular weight is 208 g/mol. The molecule has 0 heterocycles. The van der Waals surface area contributed by atoms with Crippen LogP contribution in [0.4, 0.5) is 0 Å². The molecule has 0 rings (SSSR count). The molecule has 0 aliphatic rings. The van der Waals surface area contributed by atoms with E-state index in [4.69, 9.17) is 14.9 Å². The maximum absolute atomic E-state index is 10.2. The van der Waals surface area contributed by atoms with Gasteiger partial charge in [-0.2, -0.15) is 0 Å². The highest BCUT2D eigenvalue weighted by Crippen LogP contribution is 2.07. The largest absolute Gasteiger partial charge is 0.479 e. The number of thioether (sulfide) groups is 1. The van der Waals surface area contributed by atoms with E-state index in [1.54, 1.807) is 0 Å². The highest BCUT2D eigenvalue weighted by Gasteiger charge is 2.12. The van der Waals surface area contributed by atoms with Crippen LogP contribution in [0.2, 0.25) is 0 Å². The predicted octanol–water partition coefficient (Wildman–Crippen LogP) is 0.939. The summed E-state index contributed by atoms with van der Waals surface area (Å²) >= 11 is 0.974. The number of ether oxygens (including phenoxy) is 1. The van der Waals surface area contributed by atoms with E-state index in [0.29, 0.717) is 19.0 Å². The Balaban J connectivity index is 3.11. The molecular formula is C8H16O4S. The van der Waals surface area contributed by atoms with Crippen LogP contribution in [0.15, 0.2) is 0 Å². The van der Waals surface area contributed by atoms with Crippen LogP contribution in [-0.2, 0) is 9.53 Å². The standard InChI is InChI=1S/C8H16O4S/c1-2-3-4-12-5-6-13-8(11)7(9)10/h8,11H,2-6H2,1H3,(H,9,10). The molecule has 0 aliphatic carbocycles. The summed E-state index contributed by atoms with van der Waals surface area (Å²) in [6, 6.07) is 0. The Morgan fingerprint density at radius 3 is 2.77 bits per heavy atom. The van der Waals surface area contributed by atoms with Crippen LogP contribution < -0.4 is 0 Å². The van der Waals surface area contributed by atoms with E-state index in [1.807, 2.05) is 0 Å². The van der Waals surface area contributed by atoms with Gasteiger partial charge in [0.1, 0.15) is 0 Å². The number of rotatable bonds is 8. The number of aliphatic carboxylic acids is 1. The molecule has 0 saturated carbocycles. The van der Waals surface area contributed by atoms with Crippen LogP contribution in [0, 0.1) is 0 Å². The molecule has 1 unspecified atom stereocenters. The van der Waals surface area contributed by atoms with Crippen molar-refractivity contribution in [2.24, 2.45) is 0 Å². The zero-order chi connectivity index (χ0) is 10.1. The summed E-state index contributed by atoms with van der Waals surface area (Å²) in [5, 5.41) is 17.1. The molecule has 2 N–H and O–H groups in total. The third-order valence-electron chi connectivity index (χ3n) is 1.36. The Morgan fingerprint density at radius 2 is 2.23 bits per heavy atom. The second kappa shape index (κ2) is 8.34. The van der Waals surface area contributed by atoms with Gasteiger partial charge in [-0.25, -0.2) is 4.79 Å². The van der Waals surface area contributed by atoms with E-state index in [2.05, 4.69) is 6.92 Å². The first-order chi connectivity index (χ1) is 6.18. The van der Waals surface area contributed by atoms with Crippen LogP contribution in [-0.4, -0.2) is 40.6 Å². The molecule has 0 bridgehead atoms. The minimum atomic E-state index is -1.32. The fourth-order valence-electron chi connectivity index (χ4n) is 0.638. The lowest BCUT2D eigenvalue weighted by molar-refractivity contribution is -0.141. The molecule has 1 atom stereocenters. The van der Waals surface area contributed by atoms with Crippen LogP contribution in [0.3, 0.4) is 0 Å². The number of hydrogen-bond acceptors (Lipinski definition) is 4. The molecule has 0 aromatic rings. The van der Waals surface area contributed by atoms with Gasteiger partial charge in [0.25, 0.3) is 0 Å². The van der Waals surface area contributed by atoms with Crippen LogP contribution in [0.25, 0.3) is 0 Å². The van der Waals surface area contributed by atoms with Crippen LogP contribution >= 0.6 is 11.8 Å². The fraction of sp³-hybridized carbons (Fsp3) is 0.875. The molecular weight excluding hydrogens is 192 g/mol. The lowest BCUT2D eigenvalue weighted by atomic mass is 10.4. The Kier molecular flexibility index (Phi) is 8.18. The summed E-state index contributed by atoms with van der Waals surface area (Å²) < 4.78 is 5.18. The molecule has 78 valence electrons. The minimum absolute atomic E-state index is 0.495. The second-order valence-corrected chi connectivity index (χ2v) is 3.72. The molecule has 0 aromatic carbocycles. The van der Waals surface area contributed by atoms with Crippen LogP contribution in [0.1, 0.15) is 19.8 Å². The first-order valence-electron chi connectivity index (χ1n) is 4.28. The molecule has 4 nitrogen and oxygen atoms in total. The van der Waals surface area contributed by atoms with Gasteiger partial charge in [0.05, 0.1) is 6.61 Å². The van der Waals surface area contributed by atoms with Gasteiger partial charge in [0, 0.05) is 12.4 Å². The number of carboxylic acids is 1. The third-order valence-corrected chi connectivity index (χ3v) is 2.28. The third kappa shape index (κ3) is 8.08. The summed E-state index contributed by atoms with van der Waals surface area (Å²) in [7, 11) is 0. The van der Waals surface area contributed by atoms with Crippen molar-refractivity contribution in [3.8, 4) is 0 Å². The highest BCUT2D eigenvalue weighted by molar-refractivity contribution is 8.00. The number of carboxylic acid groups (broad SMARTS) is 1. The monoisotopic (exact) mass is 208 g/mol. The number of aliphatic hydroxyl groups is 1. The Hall–Kier alpha value is -0.260. The zero-order valence-electron chi connectivity index (χ0n) is 7.73. The van der Waals surface area contributed by atoms with Crippen molar-refractivity contribution in [3.05, 3.63) is 0 Å². The lowest BCUT2D eigenvalue weighted by Gasteiger charge is -2.05. The van der Waals surface area contributed by atoms with Gasteiger partial charge in [-0.05, 0) is 6.42 Å². The summed E-state index contributed by atoms with van der Waals surface area (Å²) in [5.74, 6) is -0.685. The van der Waals surface area contributed by atoms with Crippen molar-refractivity contribution in [2.45, 2.75) is 25.2 Å². The van der Waals surface area contributed by atoms with E-state index in [1.165, 1.54) is 0 Å². The van der Waals surface area contributed by atoms with Gasteiger partial charge in [0.2, 0.25) is 0 Å². The second-order valence-electron chi connectivity index (χ2n) is 2.53. The topological polar surface area (TPSA) is 66.8 Å². The zero-order valence-corrected chi connectivity index (χ0v) is 8.55. The number of hydrogen-bond donors (Lipinski definition) is 2. The fourth-order valence-corrected chi connectivity index (χ4v) is 1.22. The maximum Gasteiger partial charge on any atom is 0.343 e. The number of aliphatic hydroxyl groups excluding tert-OH is 1. The van der Waals surface area contributed by atoms with Crippen molar-refractivity contribution in [1.82, 2.24) is 0 Å². The van der Waals surface area contributed by atoms with E-state index in [-0.39, 0.29) is 0 Å². The van der Waals surface area contributed by atoms with Gasteiger partial charge in [0.15, 0.2) is 5.44 Å². The van der Waals surface area contributed by atoms with Crippen LogP contribution in [0.5, 0.6) is 0 Å². The van der Waals surface area contributed by atoms with E-state index in [9.17, 15) is 4.79 Å². The predicted molar refractivity (Wildman–Crippen MR) is 51.8 cm³/mol.